The molecular weight excluding hydrogens is 432 g/mol. The Morgan fingerprint density at radius 1 is 0.389 bits per heavy atom. The first-order chi connectivity index (χ1) is 17.5. The monoisotopic (exact) mass is 466 g/mol. The Labute approximate surface area is 215 Å². The van der Waals surface area contributed by atoms with Crippen molar-refractivity contribution in [3.05, 3.63) is 142 Å². The summed E-state index contributed by atoms with van der Waals surface area (Å²) < 4.78 is 0. The molecule has 0 amide bonds. The third-order valence-corrected chi connectivity index (χ3v) is 10.4. The number of hydrogen-bond acceptors (Lipinski definition) is 0. The zero-order valence-electron chi connectivity index (χ0n) is 21.8. The van der Waals surface area contributed by atoms with Crippen LogP contribution < -0.4 is 0 Å². The first-order valence-corrected chi connectivity index (χ1v) is 13.9. The van der Waals surface area contributed by atoms with Crippen LogP contribution in [0.1, 0.15) is 85.0 Å². The van der Waals surface area contributed by atoms with Crippen molar-refractivity contribution in [1.29, 1.82) is 0 Å². The van der Waals surface area contributed by atoms with Crippen molar-refractivity contribution in [2.24, 2.45) is 11.8 Å². The van der Waals surface area contributed by atoms with Crippen molar-refractivity contribution in [2.45, 2.75) is 62.2 Å². The molecule has 178 valence electrons. The van der Waals surface area contributed by atoms with E-state index in [-0.39, 0.29) is 21.7 Å². The van der Waals surface area contributed by atoms with Gasteiger partial charge in [0.15, 0.2) is 0 Å². The van der Waals surface area contributed by atoms with Crippen LogP contribution in [0, 0.1) is 11.8 Å². The number of benzene rings is 4. The largest absolute Gasteiger partial charge is 0.0627 e. The molecule has 0 saturated carbocycles. The van der Waals surface area contributed by atoms with Gasteiger partial charge in [-0.25, -0.2) is 0 Å². The lowest BCUT2D eigenvalue weighted by Crippen LogP contribution is -2.51. The van der Waals surface area contributed by atoms with Crippen LogP contribution in [0.25, 0.3) is 0 Å². The molecule has 0 unspecified atom stereocenters. The fourth-order valence-corrected chi connectivity index (χ4v) is 10.5. The maximum absolute atomic E-state index is 2.51. The van der Waals surface area contributed by atoms with Crippen molar-refractivity contribution in [3.63, 3.8) is 0 Å². The first kappa shape index (κ1) is 21.0. The Bertz CT molecular complexity index is 1350. The molecule has 4 aliphatic rings. The van der Waals surface area contributed by atoms with Crippen molar-refractivity contribution >= 4 is 0 Å². The molecule has 0 saturated heterocycles. The van der Waals surface area contributed by atoms with Crippen LogP contribution >= 0.6 is 0 Å². The van der Waals surface area contributed by atoms with Crippen molar-refractivity contribution in [1.82, 2.24) is 0 Å². The summed E-state index contributed by atoms with van der Waals surface area (Å²) in [4.78, 5) is 0. The molecule has 0 radical (unpaired) electrons. The van der Waals surface area contributed by atoms with Gasteiger partial charge >= 0.3 is 0 Å². The van der Waals surface area contributed by atoms with E-state index in [0.717, 1.165) is 12.8 Å². The average Bonchev–Trinajstić information content (AvgIpc) is 3.43. The van der Waals surface area contributed by atoms with E-state index in [9.17, 15) is 0 Å². The van der Waals surface area contributed by atoms with Gasteiger partial charge in [0.25, 0.3) is 0 Å². The van der Waals surface area contributed by atoms with Gasteiger partial charge in [0.2, 0.25) is 0 Å². The summed E-state index contributed by atoms with van der Waals surface area (Å²) in [5.74, 6) is 1.16. The van der Waals surface area contributed by atoms with Gasteiger partial charge in [-0.3, -0.25) is 0 Å². The average molecular weight is 467 g/mol. The van der Waals surface area contributed by atoms with Crippen LogP contribution in [-0.4, -0.2) is 0 Å². The Morgan fingerprint density at radius 2 is 0.611 bits per heavy atom. The van der Waals surface area contributed by atoms with Gasteiger partial charge in [0, 0.05) is 21.7 Å². The van der Waals surface area contributed by atoms with Gasteiger partial charge in [-0.05, 0) is 69.2 Å². The quantitative estimate of drug-likeness (QED) is 0.284. The van der Waals surface area contributed by atoms with Crippen LogP contribution in [0.15, 0.2) is 97.1 Å². The van der Waals surface area contributed by atoms with Gasteiger partial charge in [0.1, 0.15) is 0 Å². The van der Waals surface area contributed by atoms with E-state index in [1.165, 1.54) is 0 Å². The standard InChI is InChI=1S/C36H34/c1-23(2)21-33-25-13-5-9-17-29(25)36(30-18-10-6-14-26(30)33)34(22-24(3)4)27-15-7-11-19-31(27)35(33,36)32-20-12-8-16-28(32)34/h5-20,23-24H,21-22H2,1-4H3. The Kier molecular flexibility index (Phi) is 3.74. The zero-order chi connectivity index (χ0) is 24.5. The highest BCUT2D eigenvalue weighted by Gasteiger charge is 2.89. The minimum atomic E-state index is -0.111. The molecule has 4 aromatic carbocycles. The fourth-order valence-electron chi connectivity index (χ4n) is 10.5. The van der Waals surface area contributed by atoms with Crippen LogP contribution in [-0.2, 0) is 21.7 Å². The van der Waals surface area contributed by atoms with Crippen LogP contribution in [0.2, 0.25) is 0 Å². The smallest absolute Gasteiger partial charge is 0.0495 e. The highest BCUT2D eigenvalue weighted by molar-refractivity contribution is 5.90. The van der Waals surface area contributed by atoms with Gasteiger partial charge in [-0.1, -0.05) is 125 Å². The van der Waals surface area contributed by atoms with Gasteiger partial charge in [0.05, 0.1) is 0 Å². The summed E-state index contributed by atoms with van der Waals surface area (Å²) in [6.07, 6.45) is 2.31. The summed E-state index contributed by atoms with van der Waals surface area (Å²) in [5.41, 5.74) is 12.4. The maximum atomic E-state index is 2.51. The molecule has 4 aromatic rings. The molecule has 0 heterocycles. The summed E-state index contributed by atoms with van der Waals surface area (Å²) in [7, 11) is 0. The van der Waals surface area contributed by atoms with Crippen LogP contribution in [0.4, 0.5) is 0 Å². The summed E-state index contributed by atoms with van der Waals surface area (Å²) >= 11 is 0. The van der Waals surface area contributed by atoms with E-state index in [1.807, 2.05) is 0 Å². The number of rotatable bonds is 4. The van der Waals surface area contributed by atoms with E-state index in [2.05, 4.69) is 125 Å². The fraction of sp³-hybridized carbons (Fsp3) is 0.333. The van der Waals surface area contributed by atoms with Crippen molar-refractivity contribution < 1.29 is 0 Å². The highest BCUT2D eigenvalue weighted by Crippen LogP contribution is 2.89. The zero-order valence-corrected chi connectivity index (χ0v) is 21.8. The molecule has 36 heavy (non-hydrogen) atoms. The number of fused-ring (bicyclic) bond motifs is 8. The second-order valence-corrected chi connectivity index (χ2v) is 12.7. The molecule has 4 bridgehead atoms. The third kappa shape index (κ3) is 1.74. The summed E-state index contributed by atoms with van der Waals surface area (Å²) in [5, 5.41) is 0. The summed E-state index contributed by atoms with van der Waals surface area (Å²) in [6, 6.07) is 38.4. The third-order valence-electron chi connectivity index (χ3n) is 10.4. The molecule has 0 fully saturated rings. The molecule has 0 aromatic heterocycles. The maximum Gasteiger partial charge on any atom is 0.0495 e. The van der Waals surface area contributed by atoms with E-state index in [0.29, 0.717) is 11.8 Å². The topological polar surface area (TPSA) is 0 Å². The lowest BCUT2D eigenvalue weighted by atomic mass is 9.54. The minimum Gasteiger partial charge on any atom is -0.0627 e. The van der Waals surface area contributed by atoms with E-state index in [1.54, 1.807) is 44.5 Å². The molecule has 0 atom stereocenters. The predicted octanol–water partition coefficient (Wildman–Crippen LogP) is 8.28. The Hall–Kier alpha value is -3.12. The molecule has 0 heteroatoms. The summed E-state index contributed by atoms with van der Waals surface area (Å²) in [6.45, 7) is 9.71. The molecule has 4 aliphatic carbocycles. The molecule has 0 nitrogen and oxygen atoms in total. The molecular formula is C36H34. The molecule has 0 spiro atoms. The lowest BCUT2D eigenvalue weighted by Gasteiger charge is -2.47. The second kappa shape index (κ2) is 6.41. The van der Waals surface area contributed by atoms with Gasteiger partial charge in [-0.2, -0.15) is 0 Å². The predicted molar refractivity (Wildman–Crippen MR) is 148 cm³/mol. The highest BCUT2D eigenvalue weighted by atomic mass is 14.9. The SMILES string of the molecule is CC(C)CC12c3ccccc3C3(c4ccccc41)C1(CC(C)C)c4ccccc4C23c2ccccc21. The van der Waals surface area contributed by atoms with Crippen molar-refractivity contribution in [2.75, 3.05) is 0 Å². The van der Waals surface area contributed by atoms with Crippen LogP contribution in [0.5, 0.6) is 0 Å². The lowest BCUT2D eigenvalue weighted by molar-refractivity contribution is 0.219. The van der Waals surface area contributed by atoms with E-state index < -0.39 is 0 Å². The van der Waals surface area contributed by atoms with Gasteiger partial charge in [-0.15, -0.1) is 0 Å². The minimum absolute atomic E-state index is 0.0736. The normalized spacial score (nSPS) is 31.4. The Balaban J connectivity index is 1.70. The van der Waals surface area contributed by atoms with Crippen LogP contribution in [0.3, 0.4) is 0 Å². The molecule has 0 N–H and O–H groups in total. The number of hydrogen-bond donors (Lipinski definition) is 0. The van der Waals surface area contributed by atoms with E-state index >= 15 is 0 Å². The van der Waals surface area contributed by atoms with Gasteiger partial charge < -0.3 is 0 Å². The first-order valence-electron chi connectivity index (χ1n) is 13.9. The second-order valence-electron chi connectivity index (χ2n) is 12.7. The molecule has 8 rings (SSSR count). The van der Waals surface area contributed by atoms with E-state index in [4.69, 9.17) is 0 Å². The Morgan fingerprint density at radius 3 is 0.833 bits per heavy atom. The van der Waals surface area contributed by atoms with Crippen molar-refractivity contribution in [3.8, 4) is 0 Å². The molecule has 0 aliphatic heterocycles.